The summed E-state index contributed by atoms with van der Waals surface area (Å²) >= 11 is 5.98. The van der Waals surface area contributed by atoms with Crippen molar-refractivity contribution in [2.24, 2.45) is 0 Å². The van der Waals surface area contributed by atoms with E-state index in [1.807, 2.05) is 6.92 Å². The summed E-state index contributed by atoms with van der Waals surface area (Å²) in [6.45, 7) is 1.85. The van der Waals surface area contributed by atoms with E-state index in [4.69, 9.17) is 16.0 Å². The fourth-order valence-corrected chi connectivity index (χ4v) is 2.23. The number of benzene rings is 2. The maximum absolute atomic E-state index is 12.1. The van der Waals surface area contributed by atoms with E-state index in [9.17, 15) is 9.90 Å². The van der Waals surface area contributed by atoms with Gasteiger partial charge in [-0.3, -0.25) is 4.79 Å². The van der Waals surface area contributed by atoms with Crippen LogP contribution in [-0.2, 0) is 0 Å². The number of aromatic hydroxyl groups is 1. The molecule has 1 N–H and O–H groups in total. The summed E-state index contributed by atoms with van der Waals surface area (Å²) in [5.74, 6) is -0.223. The van der Waals surface area contributed by atoms with E-state index >= 15 is 0 Å². The average molecular weight is 287 g/mol. The number of hydrogen-bond acceptors (Lipinski definition) is 3. The van der Waals surface area contributed by atoms with Crippen LogP contribution in [0.25, 0.3) is 22.3 Å². The maximum atomic E-state index is 12.1. The van der Waals surface area contributed by atoms with E-state index in [0.717, 1.165) is 5.56 Å². The molecule has 0 unspecified atom stereocenters. The number of hydrogen-bond donors (Lipinski definition) is 1. The van der Waals surface area contributed by atoms with Crippen LogP contribution in [0.3, 0.4) is 0 Å². The summed E-state index contributed by atoms with van der Waals surface area (Å²) in [7, 11) is 0. The standard InChI is InChI=1S/C16H11ClO3/c1-9-8-10(6-7-12(9)17)16-15(19)14(18)11-4-2-3-5-13(11)20-16/h2-8,19H,1H3. The van der Waals surface area contributed by atoms with Gasteiger partial charge in [0.2, 0.25) is 11.2 Å². The monoisotopic (exact) mass is 286 g/mol. The Morgan fingerprint density at radius 1 is 1.15 bits per heavy atom. The molecule has 1 aromatic heterocycles. The van der Waals surface area contributed by atoms with E-state index in [-0.39, 0.29) is 11.5 Å². The fraction of sp³-hybridized carbons (Fsp3) is 0.0625. The van der Waals surface area contributed by atoms with Crippen LogP contribution >= 0.6 is 11.6 Å². The molecule has 3 rings (SSSR count). The SMILES string of the molecule is Cc1cc(-c2oc3ccccc3c(=O)c2O)ccc1Cl. The molecule has 0 fully saturated rings. The highest BCUT2D eigenvalue weighted by molar-refractivity contribution is 6.31. The van der Waals surface area contributed by atoms with Gasteiger partial charge in [-0.25, -0.2) is 0 Å². The summed E-state index contributed by atoms with van der Waals surface area (Å²) in [5, 5.41) is 11.1. The highest BCUT2D eigenvalue weighted by Crippen LogP contribution is 2.31. The van der Waals surface area contributed by atoms with Gasteiger partial charge in [0.05, 0.1) is 5.39 Å². The smallest absolute Gasteiger partial charge is 0.235 e. The normalized spacial score (nSPS) is 10.9. The Balaban J connectivity index is 2.33. The van der Waals surface area contributed by atoms with E-state index in [1.165, 1.54) is 0 Å². The van der Waals surface area contributed by atoms with Gasteiger partial charge in [-0.2, -0.15) is 0 Å². The first kappa shape index (κ1) is 12.8. The van der Waals surface area contributed by atoms with Crippen molar-refractivity contribution >= 4 is 22.6 Å². The van der Waals surface area contributed by atoms with Gasteiger partial charge in [0, 0.05) is 10.6 Å². The van der Waals surface area contributed by atoms with Gasteiger partial charge in [-0.05, 0) is 42.8 Å². The second-order valence-corrected chi connectivity index (χ2v) is 4.98. The quantitative estimate of drug-likeness (QED) is 0.732. The van der Waals surface area contributed by atoms with Crippen LogP contribution in [-0.4, -0.2) is 5.11 Å². The van der Waals surface area contributed by atoms with Gasteiger partial charge in [0.1, 0.15) is 5.58 Å². The van der Waals surface area contributed by atoms with Crippen molar-refractivity contribution in [3.8, 4) is 17.1 Å². The summed E-state index contributed by atoms with van der Waals surface area (Å²) in [6, 6.07) is 12.0. The Bertz CT molecular complexity index is 865. The summed E-state index contributed by atoms with van der Waals surface area (Å²) in [4.78, 5) is 12.1. The van der Waals surface area contributed by atoms with E-state index < -0.39 is 5.43 Å². The summed E-state index contributed by atoms with van der Waals surface area (Å²) in [5.41, 5.74) is 1.47. The first-order valence-corrected chi connectivity index (χ1v) is 6.47. The first-order valence-electron chi connectivity index (χ1n) is 6.09. The maximum Gasteiger partial charge on any atom is 0.235 e. The second-order valence-electron chi connectivity index (χ2n) is 4.57. The number of aryl methyl sites for hydroxylation is 1. The Hall–Kier alpha value is -2.26. The van der Waals surface area contributed by atoms with Gasteiger partial charge < -0.3 is 9.52 Å². The molecule has 0 saturated heterocycles. The molecule has 4 heteroatoms. The van der Waals surface area contributed by atoms with Crippen molar-refractivity contribution in [3.63, 3.8) is 0 Å². The number of para-hydroxylation sites is 1. The number of rotatable bonds is 1. The minimum atomic E-state index is -0.436. The third-order valence-corrected chi connectivity index (χ3v) is 3.62. The molecule has 3 nitrogen and oxygen atoms in total. The van der Waals surface area contributed by atoms with E-state index in [0.29, 0.717) is 21.6 Å². The minimum Gasteiger partial charge on any atom is -0.502 e. The van der Waals surface area contributed by atoms with Crippen molar-refractivity contribution < 1.29 is 9.52 Å². The average Bonchev–Trinajstić information content (AvgIpc) is 2.46. The number of halogens is 1. The molecule has 0 radical (unpaired) electrons. The molecule has 0 aliphatic heterocycles. The molecule has 0 saturated carbocycles. The Morgan fingerprint density at radius 2 is 1.90 bits per heavy atom. The largest absolute Gasteiger partial charge is 0.502 e. The molecule has 20 heavy (non-hydrogen) atoms. The van der Waals surface area contributed by atoms with Crippen molar-refractivity contribution in [3.05, 3.63) is 63.3 Å². The van der Waals surface area contributed by atoms with Crippen LogP contribution in [0, 0.1) is 6.92 Å². The zero-order chi connectivity index (χ0) is 14.3. The number of fused-ring (bicyclic) bond motifs is 1. The first-order chi connectivity index (χ1) is 9.58. The third-order valence-electron chi connectivity index (χ3n) is 3.19. The van der Waals surface area contributed by atoms with Gasteiger partial charge in [0.15, 0.2) is 5.76 Å². The van der Waals surface area contributed by atoms with Crippen molar-refractivity contribution in [2.75, 3.05) is 0 Å². The second kappa shape index (κ2) is 4.69. The lowest BCUT2D eigenvalue weighted by Crippen LogP contribution is -2.02. The molecule has 0 spiro atoms. The van der Waals surface area contributed by atoms with Gasteiger partial charge >= 0.3 is 0 Å². The molecule has 0 aliphatic carbocycles. The minimum absolute atomic E-state index is 0.161. The van der Waals surface area contributed by atoms with Crippen LogP contribution in [0.5, 0.6) is 5.75 Å². The van der Waals surface area contributed by atoms with Gasteiger partial charge in [0.25, 0.3) is 0 Å². The zero-order valence-electron chi connectivity index (χ0n) is 10.7. The molecule has 0 aliphatic rings. The van der Waals surface area contributed by atoms with Crippen molar-refractivity contribution in [1.82, 2.24) is 0 Å². The Morgan fingerprint density at radius 3 is 2.65 bits per heavy atom. The molecule has 2 aromatic carbocycles. The molecular formula is C16H11ClO3. The summed E-state index contributed by atoms with van der Waals surface area (Å²) in [6.07, 6.45) is 0. The van der Waals surface area contributed by atoms with Crippen molar-refractivity contribution in [1.29, 1.82) is 0 Å². The molecule has 0 bridgehead atoms. The Labute approximate surface area is 120 Å². The topological polar surface area (TPSA) is 50.4 Å². The van der Waals surface area contributed by atoms with E-state index in [1.54, 1.807) is 42.5 Å². The fourth-order valence-electron chi connectivity index (χ4n) is 2.11. The highest BCUT2D eigenvalue weighted by atomic mass is 35.5. The van der Waals surface area contributed by atoms with Crippen LogP contribution in [0.15, 0.2) is 51.7 Å². The zero-order valence-corrected chi connectivity index (χ0v) is 11.4. The Kier molecular flexibility index (Phi) is 2.99. The predicted molar refractivity (Wildman–Crippen MR) is 79.3 cm³/mol. The van der Waals surface area contributed by atoms with Crippen LogP contribution in [0.1, 0.15) is 5.56 Å². The van der Waals surface area contributed by atoms with Crippen LogP contribution in [0.2, 0.25) is 5.02 Å². The molecule has 0 atom stereocenters. The van der Waals surface area contributed by atoms with Crippen molar-refractivity contribution in [2.45, 2.75) is 6.92 Å². The molecule has 1 heterocycles. The predicted octanol–water partition coefficient (Wildman–Crippen LogP) is 4.13. The lowest BCUT2D eigenvalue weighted by atomic mass is 10.1. The molecule has 100 valence electrons. The van der Waals surface area contributed by atoms with Crippen LogP contribution < -0.4 is 5.43 Å². The lowest BCUT2D eigenvalue weighted by Gasteiger charge is -2.07. The van der Waals surface area contributed by atoms with Gasteiger partial charge in [-0.15, -0.1) is 0 Å². The van der Waals surface area contributed by atoms with E-state index in [2.05, 4.69) is 0 Å². The molecule has 0 amide bonds. The molecule has 3 aromatic rings. The highest BCUT2D eigenvalue weighted by Gasteiger charge is 2.15. The third kappa shape index (κ3) is 1.96. The van der Waals surface area contributed by atoms with Gasteiger partial charge in [-0.1, -0.05) is 23.7 Å². The summed E-state index contributed by atoms with van der Waals surface area (Å²) < 4.78 is 5.66. The lowest BCUT2D eigenvalue weighted by molar-refractivity contribution is 0.449. The van der Waals surface area contributed by atoms with Crippen LogP contribution in [0.4, 0.5) is 0 Å². The molecular weight excluding hydrogens is 276 g/mol.